The van der Waals surface area contributed by atoms with E-state index in [1.54, 1.807) is 11.7 Å². The van der Waals surface area contributed by atoms with E-state index in [0.29, 0.717) is 25.6 Å². The van der Waals surface area contributed by atoms with E-state index in [4.69, 9.17) is 23.1 Å². The molecule has 1 amide bonds. The normalized spacial score (nSPS) is 12.9. The van der Waals surface area contributed by atoms with Crippen LogP contribution in [0.25, 0.3) is 10.6 Å². The predicted molar refractivity (Wildman–Crippen MR) is 115 cm³/mol. The van der Waals surface area contributed by atoms with E-state index in [9.17, 15) is 18.0 Å². The van der Waals surface area contributed by atoms with Crippen molar-refractivity contribution in [3.05, 3.63) is 61.5 Å². The molecule has 30 heavy (non-hydrogen) atoms. The van der Waals surface area contributed by atoms with Gasteiger partial charge in [-0.05, 0) is 46.1 Å². The minimum atomic E-state index is -4.50. The van der Waals surface area contributed by atoms with Gasteiger partial charge in [0.05, 0.1) is 32.2 Å². The van der Waals surface area contributed by atoms with Crippen LogP contribution in [0.2, 0.25) is 5.02 Å². The topological polar surface area (TPSA) is 86.9 Å². The number of carbonyl (C=O) groups excluding carboxylic acids is 1. The maximum Gasteiger partial charge on any atom is 0.416 e. The summed E-state index contributed by atoms with van der Waals surface area (Å²) in [7, 11) is 1.69. The summed E-state index contributed by atoms with van der Waals surface area (Å²) in [4.78, 5) is 13.0. The van der Waals surface area contributed by atoms with Crippen molar-refractivity contribution in [1.82, 2.24) is 9.78 Å². The number of nitrogens with zero attached hydrogens (tertiary/aromatic N) is 2. The molecule has 0 unspecified atom stereocenters. The third-order valence-corrected chi connectivity index (χ3v) is 7.29. The van der Waals surface area contributed by atoms with Gasteiger partial charge in [0.25, 0.3) is 5.91 Å². The molecule has 0 bridgehead atoms. The minimum Gasteiger partial charge on any atom is -0.365 e. The smallest absolute Gasteiger partial charge is 0.365 e. The Bertz CT molecular complexity index is 1080. The molecule has 0 aliphatic heterocycles. The Morgan fingerprint density at radius 3 is 2.57 bits per heavy atom. The summed E-state index contributed by atoms with van der Waals surface area (Å²) in [6, 6.07) is 5.31. The van der Waals surface area contributed by atoms with Crippen molar-refractivity contribution in [2.75, 3.05) is 6.54 Å². The predicted octanol–water partition coefficient (Wildman–Crippen LogP) is 4.97. The number of primary amides is 1. The van der Waals surface area contributed by atoms with Crippen LogP contribution >= 0.6 is 38.9 Å². The number of aryl methyl sites for hydroxylation is 1. The number of alkyl halides is 3. The van der Waals surface area contributed by atoms with Crippen LogP contribution in [0.5, 0.6) is 0 Å². The van der Waals surface area contributed by atoms with Gasteiger partial charge in [0, 0.05) is 17.4 Å². The first-order chi connectivity index (χ1) is 14.1. The van der Waals surface area contributed by atoms with Gasteiger partial charge in [0.1, 0.15) is 0 Å². The van der Waals surface area contributed by atoms with Gasteiger partial charge in [0.15, 0.2) is 0 Å². The second-order valence-corrected chi connectivity index (χ2v) is 8.83. The molecule has 0 saturated heterocycles. The van der Waals surface area contributed by atoms with Crippen molar-refractivity contribution in [3.63, 3.8) is 0 Å². The SMILES string of the molecule is Cn1ncc(Cl)c1-c1sc(C(N)=O)c([C@@H](CN)Cc2ccccc2C(F)(F)F)c1Br. The number of hydrogen-bond acceptors (Lipinski definition) is 4. The highest BCUT2D eigenvalue weighted by molar-refractivity contribution is 9.10. The molecule has 2 aromatic heterocycles. The number of hydrogen-bond donors (Lipinski definition) is 2. The first-order valence-corrected chi connectivity index (χ1v) is 10.7. The third-order valence-electron chi connectivity index (χ3n) is 4.70. The summed E-state index contributed by atoms with van der Waals surface area (Å²) in [5, 5.41) is 4.46. The molecule has 1 atom stereocenters. The molecule has 0 aliphatic carbocycles. The van der Waals surface area contributed by atoms with Gasteiger partial charge in [-0.25, -0.2) is 0 Å². The lowest BCUT2D eigenvalue weighted by Gasteiger charge is -2.19. The van der Waals surface area contributed by atoms with Crippen molar-refractivity contribution in [2.45, 2.75) is 18.5 Å². The Hall–Kier alpha value is -1.88. The van der Waals surface area contributed by atoms with Crippen molar-refractivity contribution < 1.29 is 18.0 Å². The molecule has 0 fully saturated rings. The average Bonchev–Trinajstić information content (AvgIpc) is 3.18. The summed E-state index contributed by atoms with van der Waals surface area (Å²) in [5.41, 5.74) is 11.9. The van der Waals surface area contributed by atoms with E-state index < -0.39 is 23.6 Å². The molecule has 0 aliphatic rings. The fourth-order valence-electron chi connectivity index (χ4n) is 3.33. The van der Waals surface area contributed by atoms with Crippen molar-refractivity contribution >= 4 is 44.8 Å². The summed E-state index contributed by atoms with van der Waals surface area (Å²) in [5.74, 6) is -1.27. The summed E-state index contributed by atoms with van der Waals surface area (Å²) in [6.07, 6.45) is -3.05. The second-order valence-electron chi connectivity index (χ2n) is 6.61. The standard InChI is InChI=1S/C19H17BrClF3N4OS/c1-28-15(12(21)8-27-28)17-14(20)13(16(30-17)18(26)29)10(7-25)6-9-4-2-3-5-11(9)19(22,23)24/h2-5,8,10H,6-7,25H2,1H3,(H2,26,29)/t10-/m1/s1. The molecule has 0 spiro atoms. The number of nitrogens with two attached hydrogens (primary N) is 2. The molecule has 1 aromatic carbocycles. The van der Waals surface area contributed by atoms with E-state index >= 15 is 0 Å². The number of benzene rings is 1. The van der Waals surface area contributed by atoms with E-state index in [1.165, 1.54) is 24.4 Å². The zero-order valence-corrected chi connectivity index (χ0v) is 18.8. The number of halogens is 5. The van der Waals surface area contributed by atoms with E-state index in [-0.39, 0.29) is 23.4 Å². The highest BCUT2D eigenvalue weighted by Crippen LogP contribution is 2.46. The van der Waals surface area contributed by atoms with Gasteiger partial charge < -0.3 is 11.5 Å². The van der Waals surface area contributed by atoms with E-state index in [2.05, 4.69) is 21.0 Å². The van der Waals surface area contributed by atoms with E-state index in [1.807, 2.05) is 0 Å². The number of amides is 1. The van der Waals surface area contributed by atoms with Gasteiger partial charge in [-0.1, -0.05) is 29.8 Å². The Morgan fingerprint density at radius 1 is 1.37 bits per heavy atom. The van der Waals surface area contributed by atoms with Crippen LogP contribution in [0.4, 0.5) is 13.2 Å². The molecule has 2 heterocycles. The van der Waals surface area contributed by atoms with Gasteiger partial charge in [-0.2, -0.15) is 18.3 Å². The summed E-state index contributed by atoms with van der Waals surface area (Å²) in [6.45, 7) is 0.0142. The van der Waals surface area contributed by atoms with E-state index in [0.717, 1.165) is 17.4 Å². The largest absolute Gasteiger partial charge is 0.416 e. The number of rotatable bonds is 6. The Labute approximate surface area is 187 Å². The highest BCUT2D eigenvalue weighted by Gasteiger charge is 2.35. The fourth-order valence-corrected chi connectivity index (χ4v) is 5.96. The fraction of sp³-hybridized carbons (Fsp3) is 0.263. The molecular formula is C19H17BrClF3N4OS. The van der Waals surface area contributed by atoms with Gasteiger partial charge >= 0.3 is 6.18 Å². The lowest BCUT2D eigenvalue weighted by atomic mass is 9.89. The van der Waals surface area contributed by atoms with Crippen LogP contribution in [0, 0.1) is 0 Å². The lowest BCUT2D eigenvalue weighted by Crippen LogP contribution is -2.21. The number of thiophene rings is 1. The lowest BCUT2D eigenvalue weighted by molar-refractivity contribution is -0.138. The number of aromatic nitrogens is 2. The minimum absolute atomic E-state index is 0.0135. The van der Waals surface area contributed by atoms with Gasteiger partial charge in [-0.3, -0.25) is 9.48 Å². The summed E-state index contributed by atoms with van der Waals surface area (Å²) < 4.78 is 42.4. The van der Waals surface area contributed by atoms with Crippen LogP contribution in [-0.2, 0) is 19.6 Å². The zero-order valence-electron chi connectivity index (χ0n) is 15.6. The van der Waals surface area contributed by atoms with Gasteiger partial charge in [-0.15, -0.1) is 11.3 Å². The average molecular weight is 522 g/mol. The maximum atomic E-state index is 13.4. The third kappa shape index (κ3) is 4.27. The van der Waals surface area contributed by atoms with Crippen LogP contribution in [0.3, 0.4) is 0 Å². The molecule has 11 heteroatoms. The highest BCUT2D eigenvalue weighted by atomic mass is 79.9. The molecule has 5 nitrogen and oxygen atoms in total. The summed E-state index contributed by atoms with van der Waals surface area (Å²) >= 11 is 10.8. The zero-order chi connectivity index (χ0) is 22.2. The van der Waals surface area contributed by atoms with Crippen molar-refractivity contribution in [2.24, 2.45) is 18.5 Å². The molecule has 160 valence electrons. The second kappa shape index (κ2) is 8.70. The monoisotopic (exact) mass is 520 g/mol. The molecule has 3 aromatic rings. The number of carbonyl (C=O) groups is 1. The molecule has 0 radical (unpaired) electrons. The van der Waals surface area contributed by atoms with Crippen LogP contribution in [0.1, 0.15) is 32.3 Å². The van der Waals surface area contributed by atoms with Crippen LogP contribution in [0.15, 0.2) is 34.9 Å². The van der Waals surface area contributed by atoms with Crippen LogP contribution < -0.4 is 11.5 Å². The molecule has 0 saturated carbocycles. The van der Waals surface area contributed by atoms with Crippen LogP contribution in [-0.4, -0.2) is 22.2 Å². The first-order valence-electron chi connectivity index (χ1n) is 8.71. The first kappa shape index (κ1) is 22.8. The quantitative estimate of drug-likeness (QED) is 0.480. The van der Waals surface area contributed by atoms with Crippen molar-refractivity contribution in [1.29, 1.82) is 0 Å². The Morgan fingerprint density at radius 2 is 2.03 bits per heavy atom. The van der Waals surface area contributed by atoms with Gasteiger partial charge in [0.2, 0.25) is 0 Å². The van der Waals surface area contributed by atoms with Crippen molar-refractivity contribution in [3.8, 4) is 10.6 Å². The Balaban J connectivity index is 2.13. The molecule has 4 N–H and O–H groups in total. The maximum absolute atomic E-state index is 13.4. The molecule has 3 rings (SSSR count). The Kier molecular flexibility index (Phi) is 6.61. The molecular weight excluding hydrogens is 505 g/mol.